The predicted molar refractivity (Wildman–Crippen MR) is 78.8 cm³/mol. The highest BCUT2D eigenvalue weighted by atomic mass is 35.5. The fourth-order valence-corrected chi connectivity index (χ4v) is 3.01. The lowest BCUT2D eigenvalue weighted by Gasteiger charge is -2.05. The maximum absolute atomic E-state index is 12.2. The van der Waals surface area contributed by atoms with E-state index in [0.717, 1.165) is 20.1 Å². The van der Waals surface area contributed by atoms with Crippen molar-refractivity contribution >= 4 is 39.7 Å². The molecule has 3 nitrogen and oxygen atoms in total. The molecule has 0 atom stereocenters. The number of halogens is 1. The summed E-state index contributed by atoms with van der Waals surface area (Å²) in [5, 5.41) is 3.94. The van der Waals surface area contributed by atoms with Crippen molar-refractivity contribution in [1.29, 1.82) is 0 Å². The number of hydrogen-bond acceptors (Lipinski definition) is 2. The second-order valence-corrected chi connectivity index (χ2v) is 5.94. The van der Waals surface area contributed by atoms with E-state index in [1.165, 1.54) is 11.3 Å². The highest BCUT2D eigenvalue weighted by molar-refractivity contribution is 7.16. The molecule has 0 bridgehead atoms. The SMILES string of the molecule is O=C(NCc1ccc(Cl)s1)c1cccc2cc[nH]c12. The molecular weight excluding hydrogens is 280 g/mol. The molecule has 0 spiro atoms. The monoisotopic (exact) mass is 290 g/mol. The molecular formula is C14H11ClN2OS. The first-order chi connectivity index (χ1) is 9.24. The van der Waals surface area contributed by atoms with Gasteiger partial charge in [0, 0.05) is 16.5 Å². The van der Waals surface area contributed by atoms with E-state index >= 15 is 0 Å². The fraction of sp³-hybridized carbons (Fsp3) is 0.0714. The second kappa shape index (κ2) is 5.07. The zero-order chi connectivity index (χ0) is 13.2. The molecule has 1 aromatic carbocycles. The first-order valence-corrected chi connectivity index (χ1v) is 7.02. The van der Waals surface area contributed by atoms with Gasteiger partial charge in [-0.25, -0.2) is 0 Å². The van der Waals surface area contributed by atoms with E-state index in [9.17, 15) is 4.79 Å². The summed E-state index contributed by atoms with van der Waals surface area (Å²) in [4.78, 5) is 16.3. The maximum atomic E-state index is 12.2. The van der Waals surface area contributed by atoms with Gasteiger partial charge in [-0.3, -0.25) is 4.79 Å². The summed E-state index contributed by atoms with van der Waals surface area (Å²) in [6, 6.07) is 11.4. The van der Waals surface area contributed by atoms with Crippen molar-refractivity contribution in [3.63, 3.8) is 0 Å². The van der Waals surface area contributed by atoms with Crippen molar-refractivity contribution in [2.45, 2.75) is 6.54 Å². The lowest BCUT2D eigenvalue weighted by Crippen LogP contribution is -2.22. The highest BCUT2D eigenvalue weighted by Crippen LogP contribution is 2.21. The van der Waals surface area contributed by atoms with E-state index in [1.807, 2.05) is 42.6 Å². The van der Waals surface area contributed by atoms with Gasteiger partial charge in [0.2, 0.25) is 0 Å². The average molecular weight is 291 g/mol. The molecule has 19 heavy (non-hydrogen) atoms. The molecule has 1 amide bonds. The van der Waals surface area contributed by atoms with E-state index < -0.39 is 0 Å². The molecule has 0 saturated carbocycles. The Balaban J connectivity index is 1.78. The number of aromatic nitrogens is 1. The van der Waals surface area contributed by atoms with Crippen LogP contribution < -0.4 is 5.32 Å². The van der Waals surface area contributed by atoms with Gasteiger partial charge in [0.1, 0.15) is 0 Å². The zero-order valence-electron chi connectivity index (χ0n) is 9.94. The normalized spacial score (nSPS) is 10.8. The van der Waals surface area contributed by atoms with Gasteiger partial charge in [-0.1, -0.05) is 23.7 Å². The minimum absolute atomic E-state index is 0.0856. The second-order valence-electron chi connectivity index (χ2n) is 4.14. The van der Waals surface area contributed by atoms with Crippen LogP contribution in [0, 0.1) is 0 Å². The Morgan fingerprint density at radius 3 is 2.95 bits per heavy atom. The average Bonchev–Trinajstić information content (AvgIpc) is 3.03. The Kier molecular flexibility index (Phi) is 3.27. The van der Waals surface area contributed by atoms with Crippen LogP contribution in [-0.4, -0.2) is 10.9 Å². The summed E-state index contributed by atoms with van der Waals surface area (Å²) in [5.41, 5.74) is 1.52. The third kappa shape index (κ3) is 2.50. The summed E-state index contributed by atoms with van der Waals surface area (Å²) in [7, 11) is 0. The Morgan fingerprint density at radius 1 is 1.26 bits per heavy atom. The van der Waals surface area contributed by atoms with Crippen LogP contribution in [0.15, 0.2) is 42.6 Å². The molecule has 0 aliphatic heterocycles. The van der Waals surface area contributed by atoms with Crippen molar-refractivity contribution in [1.82, 2.24) is 10.3 Å². The summed E-state index contributed by atoms with van der Waals surface area (Å²) in [5.74, 6) is -0.0856. The molecule has 0 fully saturated rings. The fourth-order valence-electron chi connectivity index (χ4n) is 1.98. The molecule has 2 N–H and O–H groups in total. The molecule has 0 aliphatic carbocycles. The van der Waals surface area contributed by atoms with E-state index in [1.54, 1.807) is 0 Å². The molecule has 96 valence electrons. The number of rotatable bonds is 3. The Labute approximate surface area is 119 Å². The summed E-state index contributed by atoms with van der Waals surface area (Å²) in [6.45, 7) is 0.493. The van der Waals surface area contributed by atoms with Gasteiger partial charge in [0.25, 0.3) is 5.91 Å². The predicted octanol–water partition coefficient (Wildman–Crippen LogP) is 3.81. The maximum Gasteiger partial charge on any atom is 0.253 e. The molecule has 2 aromatic heterocycles. The molecule has 3 rings (SSSR count). The topological polar surface area (TPSA) is 44.9 Å². The summed E-state index contributed by atoms with van der Waals surface area (Å²) < 4.78 is 0.732. The third-order valence-electron chi connectivity index (χ3n) is 2.88. The van der Waals surface area contributed by atoms with Crippen LogP contribution in [0.4, 0.5) is 0 Å². The molecule has 0 unspecified atom stereocenters. The number of carbonyl (C=O) groups is 1. The van der Waals surface area contributed by atoms with E-state index in [2.05, 4.69) is 10.3 Å². The molecule has 0 radical (unpaired) electrons. The quantitative estimate of drug-likeness (QED) is 0.757. The summed E-state index contributed by atoms with van der Waals surface area (Å²) in [6.07, 6.45) is 1.83. The van der Waals surface area contributed by atoms with Gasteiger partial charge in [-0.2, -0.15) is 0 Å². The lowest BCUT2D eigenvalue weighted by molar-refractivity contribution is 0.0953. The number of para-hydroxylation sites is 1. The van der Waals surface area contributed by atoms with Crippen LogP contribution in [0.1, 0.15) is 15.2 Å². The largest absolute Gasteiger partial charge is 0.361 e. The van der Waals surface area contributed by atoms with E-state index in [4.69, 9.17) is 11.6 Å². The number of hydrogen-bond donors (Lipinski definition) is 2. The molecule has 0 aliphatic rings. The molecule has 2 heterocycles. The number of benzene rings is 1. The summed E-state index contributed by atoms with van der Waals surface area (Å²) >= 11 is 7.33. The third-order valence-corrected chi connectivity index (χ3v) is 4.12. The van der Waals surface area contributed by atoms with Gasteiger partial charge < -0.3 is 10.3 Å². The molecule has 5 heteroatoms. The van der Waals surface area contributed by atoms with Gasteiger partial charge in [-0.05, 0) is 24.3 Å². The number of fused-ring (bicyclic) bond motifs is 1. The molecule has 0 saturated heterocycles. The van der Waals surface area contributed by atoms with Crippen LogP contribution in [0.2, 0.25) is 4.34 Å². The Hall–Kier alpha value is -1.78. The minimum atomic E-state index is -0.0856. The van der Waals surface area contributed by atoms with Crippen molar-refractivity contribution in [2.75, 3.05) is 0 Å². The van der Waals surface area contributed by atoms with Gasteiger partial charge in [0.15, 0.2) is 0 Å². The van der Waals surface area contributed by atoms with Crippen molar-refractivity contribution in [2.24, 2.45) is 0 Å². The minimum Gasteiger partial charge on any atom is -0.361 e. The number of H-pyrrole nitrogens is 1. The van der Waals surface area contributed by atoms with Crippen LogP contribution in [0.3, 0.4) is 0 Å². The lowest BCUT2D eigenvalue weighted by atomic mass is 10.1. The number of nitrogens with one attached hydrogen (secondary N) is 2. The van der Waals surface area contributed by atoms with E-state index in [-0.39, 0.29) is 5.91 Å². The van der Waals surface area contributed by atoms with Crippen molar-refractivity contribution in [3.8, 4) is 0 Å². The number of thiophene rings is 1. The van der Waals surface area contributed by atoms with Gasteiger partial charge >= 0.3 is 0 Å². The van der Waals surface area contributed by atoms with E-state index in [0.29, 0.717) is 12.1 Å². The standard InChI is InChI=1S/C14H11ClN2OS/c15-12-5-4-10(19-12)8-17-14(18)11-3-1-2-9-6-7-16-13(9)11/h1-7,16H,8H2,(H,17,18). The van der Waals surface area contributed by atoms with Gasteiger partial charge in [-0.15, -0.1) is 11.3 Å². The highest BCUT2D eigenvalue weighted by Gasteiger charge is 2.10. The first-order valence-electron chi connectivity index (χ1n) is 5.82. The van der Waals surface area contributed by atoms with Crippen molar-refractivity contribution in [3.05, 3.63) is 57.4 Å². The van der Waals surface area contributed by atoms with Crippen molar-refractivity contribution < 1.29 is 4.79 Å². The first kappa shape index (κ1) is 12.3. The number of carbonyl (C=O) groups excluding carboxylic acids is 1. The van der Waals surface area contributed by atoms with Crippen LogP contribution >= 0.6 is 22.9 Å². The van der Waals surface area contributed by atoms with Crippen LogP contribution in [-0.2, 0) is 6.54 Å². The van der Waals surface area contributed by atoms with Crippen LogP contribution in [0.5, 0.6) is 0 Å². The Bertz CT molecular complexity index is 732. The zero-order valence-corrected chi connectivity index (χ0v) is 11.5. The number of aromatic amines is 1. The Morgan fingerprint density at radius 2 is 2.16 bits per heavy atom. The smallest absolute Gasteiger partial charge is 0.253 e. The number of amides is 1. The van der Waals surface area contributed by atoms with Crippen LogP contribution in [0.25, 0.3) is 10.9 Å². The van der Waals surface area contributed by atoms with Gasteiger partial charge in [0.05, 0.1) is 22.0 Å². The molecule has 3 aromatic rings.